The van der Waals surface area contributed by atoms with Crippen molar-refractivity contribution >= 4 is 5.91 Å². The fourth-order valence-corrected chi connectivity index (χ4v) is 3.17. The van der Waals surface area contributed by atoms with Gasteiger partial charge in [0, 0.05) is 19.6 Å². The Morgan fingerprint density at radius 3 is 2.67 bits per heavy atom. The molecule has 146 valence electrons. The zero-order valence-corrected chi connectivity index (χ0v) is 16.2. The average Bonchev–Trinajstić information content (AvgIpc) is 3.20. The first-order valence-electron chi connectivity index (χ1n) is 9.41. The molecule has 1 aromatic heterocycles. The van der Waals surface area contributed by atoms with Crippen LogP contribution < -0.4 is 10.1 Å². The lowest BCUT2D eigenvalue weighted by Crippen LogP contribution is -2.45. The number of nitrogens with zero attached hydrogens (tertiary/aromatic N) is 1. The molecule has 1 N–H and O–H groups in total. The summed E-state index contributed by atoms with van der Waals surface area (Å²) < 4.78 is 16.8. The summed E-state index contributed by atoms with van der Waals surface area (Å²) in [5.41, 5.74) is 2.34. The predicted octanol–water partition coefficient (Wildman–Crippen LogP) is 2.85. The molecule has 1 fully saturated rings. The van der Waals surface area contributed by atoms with Gasteiger partial charge in [-0.25, -0.2) is 0 Å². The summed E-state index contributed by atoms with van der Waals surface area (Å²) in [6.07, 6.45) is 1.09. The van der Waals surface area contributed by atoms with Crippen LogP contribution in [0.5, 0.6) is 5.75 Å². The predicted molar refractivity (Wildman–Crippen MR) is 103 cm³/mol. The monoisotopic (exact) mass is 372 g/mol. The molecule has 2 heterocycles. The number of hydrogen-bond donors (Lipinski definition) is 1. The maximum Gasteiger partial charge on any atom is 0.260 e. The maximum absolute atomic E-state index is 12.5. The Labute approximate surface area is 160 Å². The highest BCUT2D eigenvalue weighted by molar-refractivity contribution is 5.80. The third-order valence-electron chi connectivity index (χ3n) is 4.99. The van der Waals surface area contributed by atoms with Gasteiger partial charge in [0.15, 0.2) is 6.10 Å². The van der Waals surface area contributed by atoms with Crippen molar-refractivity contribution in [2.75, 3.05) is 32.8 Å². The minimum atomic E-state index is -0.575. The second-order valence-corrected chi connectivity index (χ2v) is 6.93. The Morgan fingerprint density at radius 1 is 1.22 bits per heavy atom. The van der Waals surface area contributed by atoms with E-state index in [4.69, 9.17) is 13.9 Å². The first kappa shape index (κ1) is 19.5. The molecule has 6 heteroatoms. The molecule has 0 bridgehead atoms. The molecular weight excluding hydrogens is 344 g/mol. The molecular formula is C21H28N2O4. The quantitative estimate of drug-likeness (QED) is 0.810. The number of carbonyl (C=O) groups excluding carboxylic acids is 1. The molecule has 6 nitrogen and oxygen atoms in total. The molecule has 2 unspecified atom stereocenters. The van der Waals surface area contributed by atoms with Crippen LogP contribution in [0.15, 0.2) is 41.0 Å². The van der Waals surface area contributed by atoms with Gasteiger partial charge in [0.2, 0.25) is 0 Å². The van der Waals surface area contributed by atoms with E-state index in [0.29, 0.717) is 25.5 Å². The van der Waals surface area contributed by atoms with Crippen LogP contribution in [-0.4, -0.2) is 49.8 Å². The first-order chi connectivity index (χ1) is 13.0. The van der Waals surface area contributed by atoms with Crippen molar-refractivity contribution < 1.29 is 18.7 Å². The smallest absolute Gasteiger partial charge is 0.260 e. The molecule has 1 aliphatic heterocycles. The molecule has 1 aliphatic rings. The summed E-state index contributed by atoms with van der Waals surface area (Å²) in [6, 6.07) is 9.66. The van der Waals surface area contributed by atoms with E-state index in [0.717, 1.165) is 24.4 Å². The number of nitrogens with one attached hydrogen (secondary N) is 1. The molecule has 3 rings (SSSR count). The Hall–Kier alpha value is -2.31. The molecule has 0 aliphatic carbocycles. The van der Waals surface area contributed by atoms with Crippen LogP contribution in [0, 0.1) is 13.8 Å². The molecule has 1 amide bonds. The van der Waals surface area contributed by atoms with Crippen molar-refractivity contribution in [3.8, 4) is 5.75 Å². The van der Waals surface area contributed by atoms with Gasteiger partial charge in [0.05, 0.1) is 25.5 Å². The number of hydrogen-bond acceptors (Lipinski definition) is 5. The topological polar surface area (TPSA) is 63.9 Å². The highest BCUT2D eigenvalue weighted by Gasteiger charge is 2.26. The molecule has 1 aromatic carbocycles. The first-order valence-corrected chi connectivity index (χ1v) is 9.41. The Bertz CT molecular complexity index is 739. The highest BCUT2D eigenvalue weighted by atomic mass is 16.5. The molecule has 0 spiro atoms. The minimum absolute atomic E-state index is 0.0123. The zero-order chi connectivity index (χ0) is 19.2. The highest BCUT2D eigenvalue weighted by Crippen LogP contribution is 2.22. The summed E-state index contributed by atoms with van der Waals surface area (Å²) in [7, 11) is 0. The number of morpholine rings is 1. The fraction of sp³-hybridized carbons (Fsp3) is 0.476. The molecule has 2 aromatic rings. The third-order valence-corrected chi connectivity index (χ3v) is 4.99. The lowest BCUT2D eigenvalue weighted by atomic mass is 10.1. The second-order valence-electron chi connectivity index (χ2n) is 6.93. The summed E-state index contributed by atoms with van der Waals surface area (Å²) in [5, 5.41) is 3.01. The fourth-order valence-electron chi connectivity index (χ4n) is 3.17. The van der Waals surface area contributed by atoms with Gasteiger partial charge < -0.3 is 19.2 Å². The van der Waals surface area contributed by atoms with Crippen molar-refractivity contribution in [3.05, 3.63) is 53.5 Å². The molecule has 0 radical (unpaired) electrons. The van der Waals surface area contributed by atoms with E-state index in [9.17, 15) is 4.79 Å². The molecule has 27 heavy (non-hydrogen) atoms. The van der Waals surface area contributed by atoms with E-state index in [1.807, 2.05) is 37.3 Å². The molecule has 2 atom stereocenters. The summed E-state index contributed by atoms with van der Waals surface area (Å²) in [6.45, 7) is 9.33. The summed E-state index contributed by atoms with van der Waals surface area (Å²) >= 11 is 0. The van der Waals surface area contributed by atoms with Crippen LogP contribution in [0.2, 0.25) is 0 Å². The number of carbonyl (C=O) groups is 1. The Morgan fingerprint density at radius 2 is 2.00 bits per heavy atom. The van der Waals surface area contributed by atoms with Crippen molar-refractivity contribution in [1.82, 2.24) is 10.2 Å². The summed E-state index contributed by atoms with van der Waals surface area (Å²) in [5.74, 6) is 1.41. The van der Waals surface area contributed by atoms with E-state index in [1.54, 1.807) is 13.2 Å². The number of furan rings is 1. The number of rotatable bonds is 7. The van der Waals surface area contributed by atoms with Gasteiger partial charge in [-0.3, -0.25) is 9.69 Å². The van der Waals surface area contributed by atoms with Gasteiger partial charge in [-0.1, -0.05) is 6.07 Å². The van der Waals surface area contributed by atoms with E-state index < -0.39 is 6.10 Å². The number of amides is 1. The van der Waals surface area contributed by atoms with Gasteiger partial charge in [-0.05, 0) is 56.2 Å². The Balaban J connectivity index is 1.58. The van der Waals surface area contributed by atoms with Gasteiger partial charge in [-0.2, -0.15) is 0 Å². The van der Waals surface area contributed by atoms with Gasteiger partial charge >= 0.3 is 0 Å². The maximum atomic E-state index is 12.5. The molecule has 1 saturated heterocycles. The van der Waals surface area contributed by atoms with Gasteiger partial charge in [-0.15, -0.1) is 0 Å². The van der Waals surface area contributed by atoms with Gasteiger partial charge in [0.1, 0.15) is 11.5 Å². The van der Waals surface area contributed by atoms with Gasteiger partial charge in [0.25, 0.3) is 5.91 Å². The number of ether oxygens (including phenoxy) is 2. The van der Waals surface area contributed by atoms with Crippen LogP contribution in [0.3, 0.4) is 0 Å². The standard InChI is InChI=1S/C21H28N2O4/c1-15-6-7-18(13-16(15)2)27-17(3)21(24)22-14-19(20-5-4-10-26-20)23-8-11-25-12-9-23/h4-7,10,13,17,19H,8-9,11-12,14H2,1-3H3,(H,22,24). The van der Waals surface area contributed by atoms with Crippen LogP contribution in [0.25, 0.3) is 0 Å². The largest absolute Gasteiger partial charge is 0.481 e. The van der Waals surface area contributed by atoms with Crippen LogP contribution in [0.1, 0.15) is 29.9 Å². The van der Waals surface area contributed by atoms with Crippen LogP contribution in [0.4, 0.5) is 0 Å². The van der Waals surface area contributed by atoms with E-state index in [1.165, 1.54) is 5.56 Å². The van der Waals surface area contributed by atoms with E-state index in [2.05, 4.69) is 17.1 Å². The molecule has 0 saturated carbocycles. The van der Waals surface area contributed by atoms with Crippen LogP contribution >= 0.6 is 0 Å². The number of benzene rings is 1. The lowest BCUT2D eigenvalue weighted by Gasteiger charge is -2.33. The normalized spacial score (nSPS) is 17.3. The van der Waals surface area contributed by atoms with Crippen molar-refractivity contribution in [1.29, 1.82) is 0 Å². The second kappa shape index (κ2) is 9.06. The Kier molecular flexibility index (Phi) is 6.53. The van der Waals surface area contributed by atoms with E-state index in [-0.39, 0.29) is 11.9 Å². The third kappa shape index (κ3) is 5.11. The zero-order valence-electron chi connectivity index (χ0n) is 16.2. The van der Waals surface area contributed by atoms with Crippen molar-refractivity contribution in [2.45, 2.75) is 32.9 Å². The summed E-state index contributed by atoms with van der Waals surface area (Å²) in [4.78, 5) is 14.8. The minimum Gasteiger partial charge on any atom is -0.481 e. The van der Waals surface area contributed by atoms with Crippen molar-refractivity contribution in [3.63, 3.8) is 0 Å². The van der Waals surface area contributed by atoms with E-state index >= 15 is 0 Å². The van der Waals surface area contributed by atoms with Crippen LogP contribution in [-0.2, 0) is 9.53 Å². The number of aryl methyl sites for hydroxylation is 2. The van der Waals surface area contributed by atoms with Crippen molar-refractivity contribution in [2.24, 2.45) is 0 Å². The lowest BCUT2D eigenvalue weighted by molar-refractivity contribution is -0.127. The average molecular weight is 372 g/mol. The SMILES string of the molecule is Cc1ccc(OC(C)C(=O)NCC(c2ccco2)N2CCOCC2)cc1C.